The highest BCUT2D eigenvalue weighted by atomic mass is 16.1. The van der Waals surface area contributed by atoms with Crippen molar-refractivity contribution in [3.63, 3.8) is 0 Å². The molecule has 3 rings (SSSR count). The Hall–Kier alpha value is -2.03. The summed E-state index contributed by atoms with van der Waals surface area (Å²) in [4.78, 5) is 19.1. The number of fused-ring (bicyclic) bond motifs is 3. The van der Waals surface area contributed by atoms with E-state index in [1.807, 2.05) is 18.2 Å². The summed E-state index contributed by atoms with van der Waals surface area (Å²) in [6.45, 7) is 0. The molecule has 0 unspecified atom stereocenters. The molecule has 0 saturated heterocycles. The van der Waals surface area contributed by atoms with Gasteiger partial charge in [-0.1, -0.05) is 0 Å². The number of nitrogens with zero attached hydrogens (tertiary/aromatic N) is 2. The largest absolute Gasteiger partial charge is 0.270 e. The third kappa shape index (κ3) is 0.893. The Morgan fingerprint density at radius 3 is 2.64 bits per heavy atom. The van der Waals surface area contributed by atoms with Gasteiger partial charge in [0.05, 0.1) is 10.7 Å². The first-order chi connectivity index (χ1) is 6.84. The van der Waals surface area contributed by atoms with Crippen LogP contribution in [0.3, 0.4) is 0 Å². The van der Waals surface area contributed by atoms with E-state index in [4.69, 9.17) is 0 Å². The minimum Gasteiger partial charge on any atom is -0.267 e. The molecular weight excluding hydrogens is 176 g/mol. The fourth-order valence-corrected chi connectivity index (χ4v) is 1.68. The summed E-state index contributed by atoms with van der Waals surface area (Å²) >= 11 is 0. The SMILES string of the molecule is O=C1C=Cc2c3c(ccc2=N1)=NC=C3. The highest BCUT2D eigenvalue weighted by molar-refractivity contribution is 5.95. The summed E-state index contributed by atoms with van der Waals surface area (Å²) in [7, 11) is 0. The molecule has 0 fully saturated rings. The van der Waals surface area contributed by atoms with Crippen LogP contribution in [-0.2, 0) is 4.79 Å². The van der Waals surface area contributed by atoms with Gasteiger partial charge in [0.25, 0.3) is 5.91 Å². The predicted molar refractivity (Wildman–Crippen MR) is 51.8 cm³/mol. The molecule has 14 heavy (non-hydrogen) atoms. The standard InChI is InChI=1S/C11H6N2O/c14-11-4-1-7-8-5-6-12-9(8)2-3-10(7)13-11/h1-6H. The van der Waals surface area contributed by atoms with Crippen molar-refractivity contribution in [2.24, 2.45) is 9.98 Å². The lowest BCUT2D eigenvalue weighted by Crippen LogP contribution is -2.19. The van der Waals surface area contributed by atoms with Crippen molar-refractivity contribution in [3.05, 3.63) is 46.3 Å². The first kappa shape index (κ1) is 7.38. The molecule has 2 aliphatic heterocycles. The topological polar surface area (TPSA) is 41.8 Å². The Bertz CT molecular complexity index is 609. The summed E-state index contributed by atoms with van der Waals surface area (Å²) in [5.41, 5.74) is 2.04. The average Bonchev–Trinajstić information content (AvgIpc) is 2.65. The van der Waals surface area contributed by atoms with Crippen LogP contribution in [0.5, 0.6) is 0 Å². The van der Waals surface area contributed by atoms with E-state index in [1.54, 1.807) is 12.3 Å². The van der Waals surface area contributed by atoms with Gasteiger partial charge in [-0.25, -0.2) is 4.99 Å². The van der Waals surface area contributed by atoms with Gasteiger partial charge in [-0.3, -0.25) is 9.79 Å². The summed E-state index contributed by atoms with van der Waals surface area (Å²) < 4.78 is 0. The maximum Gasteiger partial charge on any atom is 0.270 e. The molecule has 0 saturated carbocycles. The maximum atomic E-state index is 11.0. The fraction of sp³-hybridized carbons (Fsp3) is 0. The molecule has 1 aromatic carbocycles. The summed E-state index contributed by atoms with van der Waals surface area (Å²) in [5.74, 6) is -0.198. The Morgan fingerprint density at radius 2 is 1.71 bits per heavy atom. The summed E-state index contributed by atoms with van der Waals surface area (Å²) in [5, 5.41) is 1.68. The molecular formula is C11H6N2O. The van der Waals surface area contributed by atoms with E-state index in [9.17, 15) is 4.79 Å². The number of carbonyl (C=O) groups is 1. The molecule has 0 aliphatic carbocycles. The van der Waals surface area contributed by atoms with Crippen LogP contribution < -0.4 is 10.7 Å². The second-order valence-electron chi connectivity index (χ2n) is 3.16. The summed E-state index contributed by atoms with van der Waals surface area (Å²) in [6.07, 6.45) is 6.97. The van der Waals surface area contributed by atoms with Crippen molar-refractivity contribution in [3.8, 4) is 0 Å². The lowest BCUT2D eigenvalue weighted by molar-refractivity contribution is -0.113. The lowest BCUT2D eigenvalue weighted by atomic mass is 10.0. The van der Waals surface area contributed by atoms with Gasteiger partial charge in [0.2, 0.25) is 0 Å². The Balaban J connectivity index is 2.48. The van der Waals surface area contributed by atoms with Crippen molar-refractivity contribution < 1.29 is 4.79 Å². The Kier molecular flexibility index (Phi) is 1.31. The van der Waals surface area contributed by atoms with Crippen LogP contribution >= 0.6 is 0 Å². The zero-order valence-corrected chi connectivity index (χ0v) is 7.27. The molecule has 0 N–H and O–H groups in total. The third-order valence-electron chi connectivity index (χ3n) is 2.32. The van der Waals surface area contributed by atoms with Crippen LogP contribution in [-0.4, -0.2) is 5.91 Å². The van der Waals surface area contributed by atoms with E-state index in [0.717, 1.165) is 21.8 Å². The highest BCUT2D eigenvalue weighted by Gasteiger charge is 2.09. The number of benzene rings is 1. The molecule has 0 bridgehead atoms. The van der Waals surface area contributed by atoms with Crippen molar-refractivity contribution >= 4 is 18.1 Å². The van der Waals surface area contributed by atoms with Gasteiger partial charge >= 0.3 is 0 Å². The zero-order chi connectivity index (χ0) is 9.54. The van der Waals surface area contributed by atoms with E-state index < -0.39 is 0 Å². The maximum absolute atomic E-state index is 11.0. The van der Waals surface area contributed by atoms with Gasteiger partial charge in [-0.05, 0) is 24.3 Å². The number of carbonyl (C=O) groups excluding carboxylic acids is 1. The van der Waals surface area contributed by atoms with Crippen molar-refractivity contribution in [2.45, 2.75) is 0 Å². The fourth-order valence-electron chi connectivity index (χ4n) is 1.68. The van der Waals surface area contributed by atoms with E-state index >= 15 is 0 Å². The number of amides is 1. The molecule has 1 amide bonds. The van der Waals surface area contributed by atoms with Crippen LogP contribution in [0, 0.1) is 0 Å². The second-order valence-corrected chi connectivity index (χ2v) is 3.16. The molecule has 1 aromatic rings. The summed E-state index contributed by atoms with van der Waals surface area (Å²) in [6, 6.07) is 3.70. The zero-order valence-electron chi connectivity index (χ0n) is 7.27. The van der Waals surface area contributed by atoms with Crippen molar-refractivity contribution in [1.29, 1.82) is 0 Å². The molecule has 2 aliphatic rings. The minimum absolute atomic E-state index is 0.198. The van der Waals surface area contributed by atoms with Crippen LogP contribution in [0.1, 0.15) is 11.1 Å². The van der Waals surface area contributed by atoms with Gasteiger partial charge in [0.1, 0.15) is 0 Å². The Morgan fingerprint density at radius 1 is 0.929 bits per heavy atom. The van der Waals surface area contributed by atoms with Gasteiger partial charge in [0, 0.05) is 23.4 Å². The van der Waals surface area contributed by atoms with Crippen molar-refractivity contribution in [1.82, 2.24) is 0 Å². The molecule has 0 aromatic heterocycles. The van der Waals surface area contributed by atoms with E-state index in [-0.39, 0.29) is 5.91 Å². The molecule has 66 valence electrons. The number of rotatable bonds is 0. The molecule has 0 spiro atoms. The number of hydrogen-bond acceptors (Lipinski definition) is 2. The minimum atomic E-state index is -0.198. The molecule has 0 radical (unpaired) electrons. The Labute approximate surface area is 79.8 Å². The first-order valence-corrected chi connectivity index (χ1v) is 4.33. The predicted octanol–water partition coefficient (Wildman–Crippen LogP) is 0.464. The van der Waals surface area contributed by atoms with Crippen molar-refractivity contribution in [2.75, 3.05) is 0 Å². The van der Waals surface area contributed by atoms with E-state index in [2.05, 4.69) is 9.98 Å². The van der Waals surface area contributed by atoms with E-state index in [1.165, 1.54) is 6.08 Å². The second kappa shape index (κ2) is 2.48. The van der Waals surface area contributed by atoms with Gasteiger partial charge in [-0.2, -0.15) is 0 Å². The van der Waals surface area contributed by atoms with Gasteiger partial charge < -0.3 is 0 Å². The van der Waals surface area contributed by atoms with E-state index in [0.29, 0.717) is 0 Å². The van der Waals surface area contributed by atoms with Crippen LogP contribution in [0.4, 0.5) is 0 Å². The smallest absolute Gasteiger partial charge is 0.267 e. The van der Waals surface area contributed by atoms with Gasteiger partial charge in [0.15, 0.2) is 0 Å². The monoisotopic (exact) mass is 182 g/mol. The van der Waals surface area contributed by atoms with Crippen LogP contribution in [0.2, 0.25) is 0 Å². The first-order valence-electron chi connectivity index (χ1n) is 4.33. The average molecular weight is 182 g/mol. The molecule has 3 heteroatoms. The normalized spacial score (nSPS) is 15.9. The number of hydrogen-bond donors (Lipinski definition) is 0. The van der Waals surface area contributed by atoms with Crippen LogP contribution in [0.25, 0.3) is 12.2 Å². The third-order valence-corrected chi connectivity index (χ3v) is 2.32. The quantitative estimate of drug-likeness (QED) is 0.574. The molecule has 0 atom stereocenters. The highest BCUT2D eigenvalue weighted by Crippen LogP contribution is 2.09. The molecule has 3 nitrogen and oxygen atoms in total. The molecule has 2 heterocycles. The lowest BCUT2D eigenvalue weighted by Gasteiger charge is -2.02. The van der Waals surface area contributed by atoms with Gasteiger partial charge in [-0.15, -0.1) is 0 Å². The van der Waals surface area contributed by atoms with Crippen LogP contribution in [0.15, 0.2) is 34.4 Å².